The van der Waals surface area contributed by atoms with E-state index in [0.29, 0.717) is 17.9 Å². The molecular formula is C17H21N3O3. The molecule has 23 heavy (non-hydrogen) atoms. The lowest BCUT2D eigenvalue weighted by atomic mass is 9.87. The highest BCUT2D eigenvalue weighted by atomic mass is 16.5. The molecule has 1 aliphatic rings. The Morgan fingerprint density at radius 3 is 2.65 bits per heavy atom. The first kappa shape index (κ1) is 15.4. The van der Waals surface area contributed by atoms with Crippen LogP contribution < -0.4 is 14.8 Å². The topological polar surface area (TPSA) is 65.4 Å². The van der Waals surface area contributed by atoms with Crippen molar-refractivity contribution < 1.29 is 14.3 Å². The number of hydrogen-bond acceptors (Lipinski definition) is 4. The van der Waals surface area contributed by atoms with Gasteiger partial charge in [-0.25, -0.2) is 4.68 Å². The Labute approximate surface area is 135 Å². The van der Waals surface area contributed by atoms with E-state index >= 15 is 0 Å². The Bertz CT molecular complexity index is 737. The van der Waals surface area contributed by atoms with E-state index in [4.69, 9.17) is 9.47 Å². The Balaban J connectivity index is 2.06. The maximum atomic E-state index is 12.2. The molecule has 0 radical (unpaired) electrons. The highest BCUT2D eigenvalue weighted by Gasteiger charge is 2.31. The van der Waals surface area contributed by atoms with Crippen molar-refractivity contribution in [2.24, 2.45) is 0 Å². The third-order valence-electron chi connectivity index (χ3n) is 4.15. The number of fused-ring (bicyclic) bond motifs is 1. The van der Waals surface area contributed by atoms with Gasteiger partial charge >= 0.3 is 0 Å². The molecule has 1 aliphatic heterocycles. The van der Waals surface area contributed by atoms with E-state index < -0.39 is 0 Å². The third-order valence-corrected chi connectivity index (χ3v) is 4.15. The van der Waals surface area contributed by atoms with Gasteiger partial charge in [-0.15, -0.1) is 0 Å². The number of rotatable bonds is 4. The molecule has 6 heteroatoms. The molecule has 0 saturated heterocycles. The van der Waals surface area contributed by atoms with Crippen molar-refractivity contribution in [2.75, 3.05) is 19.5 Å². The molecule has 122 valence electrons. The maximum Gasteiger partial charge on any atom is 0.226 e. The number of benzene rings is 1. The summed E-state index contributed by atoms with van der Waals surface area (Å²) >= 11 is 0. The number of ether oxygens (including phenoxy) is 2. The van der Waals surface area contributed by atoms with Crippen LogP contribution in [0.4, 0.5) is 5.82 Å². The summed E-state index contributed by atoms with van der Waals surface area (Å²) in [4.78, 5) is 12.2. The first-order valence-electron chi connectivity index (χ1n) is 7.64. The Hall–Kier alpha value is -2.50. The van der Waals surface area contributed by atoms with Gasteiger partial charge in [0.1, 0.15) is 5.82 Å². The van der Waals surface area contributed by atoms with Gasteiger partial charge in [0.05, 0.1) is 20.4 Å². The van der Waals surface area contributed by atoms with Crippen molar-refractivity contribution in [1.29, 1.82) is 0 Å². The van der Waals surface area contributed by atoms with Gasteiger partial charge in [-0.2, -0.15) is 5.10 Å². The molecule has 1 N–H and O–H groups in total. The number of nitrogens with zero attached hydrogens (tertiary/aromatic N) is 2. The highest BCUT2D eigenvalue weighted by molar-refractivity contribution is 5.94. The Morgan fingerprint density at radius 2 is 2.00 bits per heavy atom. The van der Waals surface area contributed by atoms with Crippen LogP contribution in [0.3, 0.4) is 0 Å². The molecular weight excluding hydrogens is 294 g/mol. The fourth-order valence-corrected chi connectivity index (χ4v) is 3.00. The number of aromatic nitrogens is 2. The SMILES string of the molecule is COc1ccc([C@H]2CC(=O)Nc3c2cnn3C(C)C)cc1OC. The minimum absolute atomic E-state index is 0.000292. The smallest absolute Gasteiger partial charge is 0.226 e. The molecule has 2 aromatic rings. The van der Waals surface area contributed by atoms with Gasteiger partial charge in [0, 0.05) is 23.9 Å². The van der Waals surface area contributed by atoms with E-state index in [1.54, 1.807) is 14.2 Å². The summed E-state index contributed by atoms with van der Waals surface area (Å²) in [5, 5.41) is 7.38. The molecule has 1 aromatic carbocycles. The fraction of sp³-hybridized carbons (Fsp3) is 0.412. The standard InChI is InChI=1S/C17H21N3O3/c1-10(2)20-17-13(9-18-20)12(8-16(21)19-17)11-5-6-14(22-3)15(7-11)23-4/h5-7,9-10,12H,8H2,1-4H3,(H,19,21)/t12-/m1/s1. The van der Waals surface area contributed by atoms with E-state index in [9.17, 15) is 4.79 Å². The predicted octanol–water partition coefficient (Wildman–Crippen LogP) is 2.96. The number of carbonyl (C=O) groups is 1. The Morgan fingerprint density at radius 1 is 1.26 bits per heavy atom. The zero-order valence-electron chi connectivity index (χ0n) is 13.8. The summed E-state index contributed by atoms with van der Waals surface area (Å²) < 4.78 is 12.5. The van der Waals surface area contributed by atoms with Gasteiger partial charge in [0.2, 0.25) is 5.91 Å². The average Bonchev–Trinajstić information content (AvgIpc) is 2.97. The quantitative estimate of drug-likeness (QED) is 0.942. The van der Waals surface area contributed by atoms with Crippen LogP contribution >= 0.6 is 0 Å². The average molecular weight is 315 g/mol. The molecule has 6 nitrogen and oxygen atoms in total. The molecule has 2 heterocycles. The summed E-state index contributed by atoms with van der Waals surface area (Å²) in [6, 6.07) is 5.95. The second-order valence-electron chi connectivity index (χ2n) is 5.91. The lowest BCUT2D eigenvalue weighted by molar-refractivity contribution is -0.116. The predicted molar refractivity (Wildman–Crippen MR) is 87.2 cm³/mol. The van der Waals surface area contributed by atoms with Crippen LogP contribution in [0.2, 0.25) is 0 Å². The molecule has 0 bridgehead atoms. The summed E-state index contributed by atoms with van der Waals surface area (Å²) in [6.45, 7) is 4.08. The first-order chi connectivity index (χ1) is 11.0. The van der Waals surface area contributed by atoms with Gasteiger partial charge in [-0.1, -0.05) is 6.07 Å². The third kappa shape index (κ3) is 2.65. The number of amides is 1. The van der Waals surface area contributed by atoms with Crippen molar-refractivity contribution in [3.05, 3.63) is 35.5 Å². The van der Waals surface area contributed by atoms with E-state index in [-0.39, 0.29) is 17.9 Å². The van der Waals surface area contributed by atoms with Crippen molar-refractivity contribution >= 4 is 11.7 Å². The number of methoxy groups -OCH3 is 2. The minimum atomic E-state index is -0.0361. The fourth-order valence-electron chi connectivity index (χ4n) is 3.00. The minimum Gasteiger partial charge on any atom is -0.493 e. The number of carbonyl (C=O) groups excluding carboxylic acids is 1. The molecule has 0 unspecified atom stereocenters. The largest absolute Gasteiger partial charge is 0.493 e. The molecule has 1 aromatic heterocycles. The monoisotopic (exact) mass is 315 g/mol. The van der Waals surface area contributed by atoms with Gasteiger partial charge < -0.3 is 14.8 Å². The maximum absolute atomic E-state index is 12.2. The molecule has 1 atom stereocenters. The lowest BCUT2D eigenvalue weighted by Crippen LogP contribution is -2.25. The number of nitrogens with one attached hydrogen (secondary N) is 1. The van der Waals surface area contributed by atoms with Crippen molar-refractivity contribution in [3.63, 3.8) is 0 Å². The van der Waals surface area contributed by atoms with E-state index in [1.165, 1.54) is 0 Å². The van der Waals surface area contributed by atoms with Gasteiger partial charge in [0.15, 0.2) is 11.5 Å². The molecule has 0 fully saturated rings. The summed E-state index contributed by atoms with van der Waals surface area (Å²) in [7, 11) is 3.22. The van der Waals surface area contributed by atoms with E-state index in [1.807, 2.05) is 42.9 Å². The van der Waals surface area contributed by atoms with Crippen molar-refractivity contribution in [2.45, 2.75) is 32.2 Å². The second-order valence-corrected chi connectivity index (χ2v) is 5.91. The van der Waals surface area contributed by atoms with E-state index in [0.717, 1.165) is 16.9 Å². The summed E-state index contributed by atoms with van der Waals surface area (Å²) in [5.74, 6) is 2.09. The van der Waals surface area contributed by atoms with Crippen LogP contribution in [0.15, 0.2) is 24.4 Å². The van der Waals surface area contributed by atoms with Gasteiger partial charge in [-0.05, 0) is 31.5 Å². The highest BCUT2D eigenvalue weighted by Crippen LogP contribution is 2.40. The first-order valence-corrected chi connectivity index (χ1v) is 7.64. The van der Waals surface area contributed by atoms with Gasteiger partial charge in [0.25, 0.3) is 0 Å². The van der Waals surface area contributed by atoms with Crippen LogP contribution in [0, 0.1) is 0 Å². The number of anilines is 1. The summed E-state index contributed by atoms with van der Waals surface area (Å²) in [5.41, 5.74) is 2.05. The van der Waals surface area contributed by atoms with E-state index in [2.05, 4.69) is 10.4 Å². The molecule has 0 spiro atoms. The van der Waals surface area contributed by atoms with Crippen molar-refractivity contribution in [1.82, 2.24) is 9.78 Å². The molecule has 0 aliphatic carbocycles. The zero-order valence-corrected chi connectivity index (χ0v) is 13.8. The van der Waals surface area contributed by atoms with Crippen molar-refractivity contribution in [3.8, 4) is 11.5 Å². The molecule has 0 saturated carbocycles. The van der Waals surface area contributed by atoms with Crippen LogP contribution in [-0.2, 0) is 4.79 Å². The normalized spacial score (nSPS) is 16.9. The molecule has 1 amide bonds. The van der Waals surface area contributed by atoms with Crippen LogP contribution in [0.1, 0.15) is 43.4 Å². The molecule has 3 rings (SSSR count). The zero-order chi connectivity index (χ0) is 16.6. The van der Waals surface area contributed by atoms with Crippen LogP contribution in [-0.4, -0.2) is 29.9 Å². The Kier molecular flexibility index (Phi) is 3.98. The summed E-state index contributed by atoms with van der Waals surface area (Å²) in [6.07, 6.45) is 2.24. The van der Waals surface area contributed by atoms with Crippen LogP contribution in [0.5, 0.6) is 11.5 Å². The second kappa shape index (κ2) is 5.95. The van der Waals surface area contributed by atoms with Gasteiger partial charge in [-0.3, -0.25) is 4.79 Å². The lowest BCUT2D eigenvalue weighted by Gasteiger charge is -2.25. The number of hydrogen-bond donors (Lipinski definition) is 1. The van der Waals surface area contributed by atoms with Crippen LogP contribution in [0.25, 0.3) is 0 Å².